The summed E-state index contributed by atoms with van der Waals surface area (Å²) in [5.74, 6) is 0.543. The lowest BCUT2D eigenvalue weighted by atomic mass is 10.1. The lowest BCUT2D eigenvalue weighted by molar-refractivity contribution is 0.478. The second kappa shape index (κ2) is 6.76. The van der Waals surface area contributed by atoms with Gasteiger partial charge in [-0.2, -0.15) is 5.10 Å². The van der Waals surface area contributed by atoms with Gasteiger partial charge < -0.3 is 0 Å². The normalized spacial score (nSPS) is 17.6. The molecule has 3 nitrogen and oxygen atoms in total. The summed E-state index contributed by atoms with van der Waals surface area (Å²) in [7, 11) is 0. The van der Waals surface area contributed by atoms with Crippen molar-refractivity contribution in [2.45, 2.75) is 6.92 Å². The smallest absolute Gasteiger partial charge is 0.162 e. The highest BCUT2D eigenvalue weighted by Gasteiger charge is 2.20. The molecule has 1 aromatic rings. The second-order valence-electron chi connectivity index (χ2n) is 3.72. The third kappa shape index (κ3) is 3.09. The Morgan fingerprint density at radius 3 is 2.70 bits per heavy atom. The monoisotopic (exact) mass is 391 g/mol. The molecule has 1 aromatic carbocycles. The lowest BCUT2D eigenvalue weighted by Gasteiger charge is -2.22. The predicted octanol–water partition coefficient (Wildman–Crippen LogP) is 5.38. The molecule has 1 aliphatic rings. The molecule has 0 atom stereocenters. The van der Waals surface area contributed by atoms with Crippen LogP contribution < -0.4 is 0 Å². The van der Waals surface area contributed by atoms with Crippen molar-refractivity contribution in [3.63, 3.8) is 0 Å². The van der Waals surface area contributed by atoms with E-state index < -0.39 is 0 Å². The molecular formula is C13H9BrCl3N3. The van der Waals surface area contributed by atoms with E-state index in [1.807, 2.05) is 12.1 Å². The van der Waals surface area contributed by atoms with Crippen molar-refractivity contribution in [2.24, 2.45) is 10.1 Å². The highest BCUT2D eigenvalue weighted by atomic mass is 79.9. The molecule has 1 aliphatic heterocycles. The van der Waals surface area contributed by atoms with E-state index in [9.17, 15) is 0 Å². The number of hydrogen-bond acceptors (Lipinski definition) is 3. The predicted molar refractivity (Wildman–Crippen MR) is 90.0 cm³/mol. The van der Waals surface area contributed by atoms with E-state index in [1.165, 1.54) is 5.01 Å². The number of hydrogen-bond donors (Lipinski definition) is 0. The van der Waals surface area contributed by atoms with Gasteiger partial charge in [-0.15, -0.1) is 0 Å². The Kier molecular flexibility index (Phi) is 5.27. The zero-order valence-electron chi connectivity index (χ0n) is 10.3. The van der Waals surface area contributed by atoms with Gasteiger partial charge in [0.25, 0.3) is 0 Å². The number of hydrazone groups is 1. The van der Waals surface area contributed by atoms with Crippen LogP contribution in [0.4, 0.5) is 0 Å². The summed E-state index contributed by atoms with van der Waals surface area (Å²) in [4.78, 5) is 6.09. The molecule has 0 saturated carbocycles. The molecule has 104 valence electrons. The average Bonchev–Trinajstić information content (AvgIpc) is 2.44. The maximum absolute atomic E-state index is 6.23. The Morgan fingerprint density at radius 1 is 1.30 bits per heavy atom. The van der Waals surface area contributed by atoms with Gasteiger partial charge in [-0.1, -0.05) is 62.9 Å². The molecule has 0 saturated heterocycles. The highest BCUT2D eigenvalue weighted by Crippen LogP contribution is 2.31. The van der Waals surface area contributed by atoms with Crippen LogP contribution in [0.1, 0.15) is 12.5 Å². The highest BCUT2D eigenvalue weighted by molar-refractivity contribution is 9.11. The number of benzene rings is 1. The van der Waals surface area contributed by atoms with E-state index in [2.05, 4.69) is 26.0 Å². The fourth-order valence-corrected chi connectivity index (χ4v) is 2.55. The lowest BCUT2D eigenvalue weighted by Crippen LogP contribution is -2.19. The Morgan fingerprint density at radius 2 is 2.05 bits per heavy atom. The topological polar surface area (TPSA) is 28.0 Å². The van der Waals surface area contributed by atoms with Crippen LogP contribution >= 0.6 is 50.7 Å². The molecule has 0 radical (unpaired) electrons. The standard InChI is InChI=1S/C13H9BrCl3N3/c1-2-18-20-11(16)6-10(19-12(20)7-14)8-4-3-5-9(15)13(8)17/h2-7H,1H3/b12-7+,18-2-. The molecule has 0 N–H and O–H groups in total. The third-order valence-electron chi connectivity index (χ3n) is 2.47. The van der Waals surface area contributed by atoms with Crippen LogP contribution in [0.2, 0.25) is 10.0 Å². The van der Waals surface area contributed by atoms with E-state index in [0.29, 0.717) is 32.3 Å². The van der Waals surface area contributed by atoms with Crippen LogP contribution in [0.3, 0.4) is 0 Å². The number of rotatable bonds is 2. The Balaban J connectivity index is 2.52. The van der Waals surface area contributed by atoms with Crippen LogP contribution in [0.15, 0.2) is 50.3 Å². The van der Waals surface area contributed by atoms with Crippen molar-refractivity contribution in [1.29, 1.82) is 0 Å². The molecule has 0 aliphatic carbocycles. The molecule has 7 heteroatoms. The SMILES string of the molecule is C/C=N\N1C(Cl)=CC(c2cccc(Cl)c2Cl)=N/C1=C\Br. The largest absolute Gasteiger partial charge is 0.228 e. The third-order valence-corrected chi connectivity index (χ3v) is 3.96. The van der Waals surface area contributed by atoms with Gasteiger partial charge >= 0.3 is 0 Å². The van der Waals surface area contributed by atoms with Gasteiger partial charge in [0.1, 0.15) is 5.16 Å². The summed E-state index contributed by atoms with van der Waals surface area (Å²) in [6.45, 7) is 1.79. The Labute approximate surface area is 140 Å². The molecule has 0 fully saturated rings. The van der Waals surface area contributed by atoms with Crippen LogP contribution in [0, 0.1) is 0 Å². The Bertz CT molecular complexity index is 650. The first-order valence-electron chi connectivity index (χ1n) is 5.58. The van der Waals surface area contributed by atoms with E-state index in [-0.39, 0.29) is 0 Å². The number of halogens is 4. The molecule has 0 bridgehead atoms. The average molecular weight is 393 g/mol. The van der Waals surface area contributed by atoms with Crippen LogP contribution in [-0.4, -0.2) is 16.9 Å². The van der Waals surface area contributed by atoms with Crippen LogP contribution in [0.25, 0.3) is 0 Å². The van der Waals surface area contributed by atoms with E-state index in [0.717, 1.165) is 0 Å². The van der Waals surface area contributed by atoms with E-state index in [4.69, 9.17) is 34.8 Å². The maximum Gasteiger partial charge on any atom is 0.162 e. The van der Waals surface area contributed by atoms with Gasteiger partial charge in [0, 0.05) is 22.8 Å². The van der Waals surface area contributed by atoms with E-state index >= 15 is 0 Å². The van der Waals surface area contributed by atoms with Gasteiger partial charge in [0.05, 0.1) is 15.8 Å². The summed E-state index contributed by atoms with van der Waals surface area (Å²) in [5, 5.41) is 6.95. The first kappa shape index (κ1) is 15.6. The summed E-state index contributed by atoms with van der Waals surface area (Å²) >= 11 is 21.7. The van der Waals surface area contributed by atoms with Crippen molar-refractivity contribution >= 4 is 62.7 Å². The van der Waals surface area contributed by atoms with Gasteiger partial charge in [-0.05, 0) is 13.0 Å². The van der Waals surface area contributed by atoms with Gasteiger partial charge in [0.2, 0.25) is 0 Å². The summed E-state index contributed by atoms with van der Waals surface area (Å²) in [5.41, 5.74) is 1.33. The Hall–Kier alpha value is -0.810. The molecule has 20 heavy (non-hydrogen) atoms. The zero-order chi connectivity index (χ0) is 14.7. The summed E-state index contributed by atoms with van der Waals surface area (Å²) < 4.78 is 0. The first-order chi connectivity index (χ1) is 9.58. The molecule has 0 aromatic heterocycles. The van der Waals surface area contributed by atoms with Crippen LogP contribution in [0.5, 0.6) is 0 Å². The fourth-order valence-electron chi connectivity index (χ4n) is 1.63. The minimum Gasteiger partial charge on any atom is -0.228 e. The van der Waals surface area contributed by atoms with Gasteiger partial charge in [-0.3, -0.25) is 0 Å². The minimum atomic E-state index is 0.412. The minimum absolute atomic E-state index is 0.412. The first-order valence-corrected chi connectivity index (χ1v) is 7.62. The number of aliphatic imine (C=N–C) groups is 1. The van der Waals surface area contributed by atoms with Crippen molar-refractivity contribution in [3.05, 3.63) is 55.8 Å². The van der Waals surface area contributed by atoms with Crippen molar-refractivity contribution in [2.75, 3.05) is 0 Å². The molecule has 2 rings (SSSR count). The molecule has 0 unspecified atom stereocenters. The molecular weight excluding hydrogens is 384 g/mol. The van der Waals surface area contributed by atoms with Crippen LogP contribution in [-0.2, 0) is 0 Å². The zero-order valence-corrected chi connectivity index (χ0v) is 14.2. The molecule has 1 heterocycles. The van der Waals surface area contributed by atoms with E-state index in [1.54, 1.807) is 30.3 Å². The summed E-state index contributed by atoms with van der Waals surface area (Å²) in [6, 6.07) is 5.36. The maximum atomic E-state index is 6.23. The van der Waals surface area contributed by atoms with Gasteiger partial charge in [0.15, 0.2) is 5.82 Å². The van der Waals surface area contributed by atoms with Gasteiger partial charge in [-0.25, -0.2) is 10.0 Å². The summed E-state index contributed by atoms with van der Waals surface area (Å²) in [6.07, 6.45) is 3.31. The number of allylic oxidation sites excluding steroid dienone is 1. The van der Waals surface area contributed by atoms with Crippen molar-refractivity contribution in [3.8, 4) is 0 Å². The quantitative estimate of drug-likeness (QED) is 0.490. The molecule has 0 spiro atoms. The van der Waals surface area contributed by atoms with Crippen molar-refractivity contribution in [1.82, 2.24) is 5.01 Å². The second-order valence-corrected chi connectivity index (χ2v) is 5.35. The van der Waals surface area contributed by atoms with Crippen molar-refractivity contribution < 1.29 is 0 Å². The fraction of sp³-hybridized carbons (Fsp3) is 0.0769. The molecule has 0 amide bonds. The number of nitrogens with zero attached hydrogens (tertiary/aromatic N) is 3.